The first kappa shape index (κ1) is 23.1. The third-order valence-electron chi connectivity index (χ3n) is 5.01. The van der Waals surface area contributed by atoms with Crippen LogP contribution in [-0.4, -0.2) is 21.7 Å². The van der Waals surface area contributed by atoms with Crippen molar-refractivity contribution in [2.75, 3.05) is 0 Å². The zero-order chi connectivity index (χ0) is 24.6. The molecule has 35 heavy (non-hydrogen) atoms. The highest BCUT2D eigenvalue weighted by molar-refractivity contribution is 6.05. The number of aromatic nitrogens is 1. The Labute approximate surface area is 200 Å². The van der Waals surface area contributed by atoms with Crippen LogP contribution in [0.3, 0.4) is 0 Å². The summed E-state index contributed by atoms with van der Waals surface area (Å²) >= 11 is 0. The van der Waals surface area contributed by atoms with Gasteiger partial charge < -0.3 is 15.1 Å². The molecule has 0 fully saturated rings. The summed E-state index contributed by atoms with van der Waals surface area (Å²) in [5.41, 5.74) is 1.36. The van der Waals surface area contributed by atoms with Gasteiger partial charge in [0.25, 0.3) is 17.5 Å². The number of carbonyl (C=O) groups is 2. The number of hydrogen-bond donors (Lipinski definition) is 2. The Morgan fingerprint density at radius 3 is 2.40 bits per heavy atom. The number of pyridine rings is 1. The van der Waals surface area contributed by atoms with E-state index >= 15 is 0 Å². The molecule has 2 N–H and O–H groups in total. The summed E-state index contributed by atoms with van der Waals surface area (Å²) in [5, 5.41) is 16.7. The molecule has 2 aromatic carbocycles. The molecule has 2 heterocycles. The van der Waals surface area contributed by atoms with Crippen LogP contribution in [0, 0.1) is 10.1 Å². The van der Waals surface area contributed by atoms with Gasteiger partial charge in [0.2, 0.25) is 0 Å². The molecular weight excluding hydrogens is 448 g/mol. The molecule has 2 amide bonds. The third-order valence-corrected chi connectivity index (χ3v) is 5.01. The van der Waals surface area contributed by atoms with Crippen LogP contribution in [0.1, 0.15) is 21.7 Å². The maximum Gasteiger partial charge on any atom is 0.280 e. The molecule has 4 rings (SSSR count). The van der Waals surface area contributed by atoms with Gasteiger partial charge in [0.1, 0.15) is 17.2 Å². The second-order valence-electron chi connectivity index (χ2n) is 7.39. The van der Waals surface area contributed by atoms with Crippen molar-refractivity contribution < 1.29 is 18.9 Å². The maximum atomic E-state index is 13.0. The topological polar surface area (TPSA) is 127 Å². The van der Waals surface area contributed by atoms with Gasteiger partial charge in [-0.1, -0.05) is 30.3 Å². The predicted octanol–water partition coefficient (Wildman–Crippen LogP) is 4.34. The van der Waals surface area contributed by atoms with E-state index in [1.165, 1.54) is 12.1 Å². The Hall–Kier alpha value is -5.05. The highest BCUT2D eigenvalue weighted by Gasteiger charge is 2.19. The number of amides is 2. The van der Waals surface area contributed by atoms with Gasteiger partial charge in [-0.2, -0.15) is 0 Å². The normalized spacial score (nSPS) is 11.0. The minimum Gasteiger partial charge on any atom is -0.456 e. The number of carbonyl (C=O) groups excluding carboxylic acids is 2. The molecule has 0 spiro atoms. The lowest BCUT2D eigenvalue weighted by Gasteiger charge is -2.11. The van der Waals surface area contributed by atoms with Crippen LogP contribution < -0.4 is 10.6 Å². The summed E-state index contributed by atoms with van der Waals surface area (Å²) in [6.45, 7) is 0.222. The van der Waals surface area contributed by atoms with Gasteiger partial charge in [0, 0.05) is 36.6 Å². The molecule has 9 nitrogen and oxygen atoms in total. The number of nitro benzene ring substituents is 1. The third kappa shape index (κ3) is 5.85. The summed E-state index contributed by atoms with van der Waals surface area (Å²) in [5.74, 6) is -0.508. The molecule has 0 saturated carbocycles. The number of para-hydroxylation sites is 1. The molecule has 2 aromatic heterocycles. The molecule has 9 heteroatoms. The lowest BCUT2D eigenvalue weighted by molar-refractivity contribution is -0.384. The highest BCUT2D eigenvalue weighted by atomic mass is 16.6. The van der Waals surface area contributed by atoms with Crippen molar-refractivity contribution in [1.82, 2.24) is 15.6 Å². The Balaban J connectivity index is 1.61. The quantitative estimate of drug-likeness (QED) is 0.225. The minimum absolute atomic E-state index is 0.0450. The van der Waals surface area contributed by atoms with Crippen LogP contribution in [-0.2, 0) is 11.3 Å². The summed E-state index contributed by atoms with van der Waals surface area (Å²) < 4.78 is 5.77. The van der Waals surface area contributed by atoms with Crippen molar-refractivity contribution >= 4 is 23.6 Å². The lowest BCUT2D eigenvalue weighted by atomic mass is 10.1. The molecule has 4 aromatic rings. The van der Waals surface area contributed by atoms with Crippen molar-refractivity contribution in [3.8, 4) is 11.3 Å². The Morgan fingerprint density at radius 1 is 0.943 bits per heavy atom. The van der Waals surface area contributed by atoms with Gasteiger partial charge in [-0.05, 0) is 48.0 Å². The molecular formula is C26H20N4O5. The van der Waals surface area contributed by atoms with E-state index in [1.807, 2.05) is 0 Å². The maximum absolute atomic E-state index is 13.0. The standard InChI is InChI=1S/C26H20N4O5/c31-25(19-6-2-1-3-7-19)29-22(26(32)28-17-18-12-14-27-15-13-18)16-20-10-11-24(35-20)21-8-4-5-9-23(21)30(33)34/h1-16H,17H2,(H,28,32)(H,29,31)/b22-16+. The molecule has 0 aliphatic rings. The first-order valence-electron chi connectivity index (χ1n) is 10.6. The lowest BCUT2D eigenvalue weighted by Crippen LogP contribution is -2.34. The highest BCUT2D eigenvalue weighted by Crippen LogP contribution is 2.31. The zero-order valence-corrected chi connectivity index (χ0v) is 18.4. The first-order chi connectivity index (χ1) is 17.0. The van der Waals surface area contributed by atoms with Gasteiger partial charge in [-0.25, -0.2) is 0 Å². The number of hydrogen-bond acceptors (Lipinski definition) is 6. The Morgan fingerprint density at radius 2 is 1.66 bits per heavy atom. The van der Waals surface area contributed by atoms with E-state index in [1.54, 1.807) is 85.2 Å². The molecule has 0 atom stereocenters. The number of nitrogens with one attached hydrogen (secondary N) is 2. The molecule has 174 valence electrons. The number of rotatable bonds is 8. The van der Waals surface area contributed by atoms with Crippen LogP contribution >= 0.6 is 0 Å². The fraction of sp³-hybridized carbons (Fsp3) is 0.0385. The second kappa shape index (κ2) is 10.7. The number of benzene rings is 2. The second-order valence-corrected chi connectivity index (χ2v) is 7.39. The largest absolute Gasteiger partial charge is 0.456 e. The van der Waals surface area contributed by atoms with Crippen LogP contribution in [0.15, 0.2) is 101 Å². The SMILES string of the molecule is O=C(NCc1ccncc1)/C(=C\c1ccc(-c2ccccc2[N+](=O)[O-])o1)NC(=O)c1ccccc1. The summed E-state index contributed by atoms with van der Waals surface area (Å²) in [4.78, 5) is 40.5. The molecule has 0 unspecified atom stereocenters. The molecule has 0 aliphatic heterocycles. The molecule has 0 saturated heterocycles. The van der Waals surface area contributed by atoms with Crippen LogP contribution in [0.5, 0.6) is 0 Å². The Kier molecular flexibility index (Phi) is 7.08. The average molecular weight is 468 g/mol. The van der Waals surface area contributed by atoms with Crippen molar-refractivity contribution in [2.45, 2.75) is 6.54 Å². The van der Waals surface area contributed by atoms with Crippen molar-refractivity contribution in [3.05, 3.63) is 124 Å². The first-order valence-corrected chi connectivity index (χ1v) is 10.6. The fourth-order valence-electron chi connectivity index (χ4n) is 3.28. The van der Waals surface area contributed by atoms with E-state index in [9.17, 15) is 19.7 Å². The van der Waals surface area contributed by atoms with Gasteiger partial charge in [-0.15, -0.1) is 0 Å². The minimum atomic E-state index is -0.533. The molecule has 0 aliphatic carbocycles. The van der Waals surface area contributed by atoms with Gasteiger partial charge in [0.15, 0.2) is 0 Å². The van der Waals surface area contributed by atoms with Crippen molar-refractivity contribution in [3.63, 3.8) is 0 Å². The fourth-order valence-corrected chi connectivity index (χ4v) is 3.28. The van der Waals surface area contributed by atoms with Crippen LogP contribution in [0.2, 0.25) is 0 Å². The van der Waals surface area contributed by atoms with Crippen LogP contribution in [0.25, 0.3) is 17.4 Å². The monoisotopic (exact) mass is 468 g/mol. The van der Waals surface area contributed by atoms with Crippen LogP contribution in [0.4, 0.5) is 5.69 Å². The van der Waals surface area contributed by atoms with Gasteiger partial charge in [-0.3, -0.25) is 24.7 Å². The predicted molar refractivity (Wildman–Crippen MR) is 129 cm³/mol. The number of furan rings is 1. The van der Waals surface area contributed by atoms with Gasteiger partial charge >= 0.3 is 0 Å². The average Bonchev–Trinajstić information content (AvgIpc) is 3.36. The van der Waals surface area contributed by atoms with E-state index in [0.29, 0.717) is 11.1 Å². The number of nitrogens with zero attached hydrogens (tertiary/aromatic N) is 2. The van der Waals surface area contributed by atoms with E-state index < -0.39 is 16.7 Å². The van der Waals surface area contributed by atoms with E-state index in [2.05, 4.69) is 15.6 Å². The zero-order valence-electron chi connectivity index (χ0n) is 18.4. The van der Waals surface area contributed by atoms with E-state index in [0.717, 1.165) is 5.56 Å². The Bertz CT molecular complexity index is 1380. The summed E-state index contributed by atoms with van der Waals surface area (Å²) in [6.07, 6.45) is 4.60. The summed E-state index contributed by atoms with van der Waals surface area (Å²) in [6, 6.07) is 21.3. The van der Waals surface area contributed by atoms with Gasteiger partial charge in [0.05, 0.1) is 10.5 Å². The van der Waals surface area contributed by atoms with Crippen molar-refractivity contribution in [2.24, 2.45) is 0 Å². The van der Waals surface area contributed by atoms with E-state index in [4.69, 9.17) is 4.42 Å². The molecule has 0 radical (unpaired) electrons. The summed E-state index contributed by atoms with van der Waals surface area (Å²) in [7, 11) is 0. The molecule has 0 bridgehead atoms. The van der Waals surface area contributed by atoms with E-state index in [-0.39, 0.29) is 29.4 Å². The smallest absolute Gasteiger partial charge is 0.280 e. The van der Waals surface area contributed by atoms with Crippen molar-refractivity contribution in [1.29, 1.82) is 0 Å². The number of nitro groups is 1.